The number of nitrogens with one attached hydrogen (secondary N) is 1. The highest BCUT2D eigenvalue weighted by molar-refractivity contribution is 7.89. The summed E-state index contributed by atoms with van der Waals surface area (Å²) in [4.78, 5) is 14.5. The van der Waals surface area contributed by atoms with Crippen molar-refractivity contribution in [3.05, 3.63) is 29.8 Å². The SMILES string of the molecule is C[C@H](C(=O)NC1CCCC1)N1CCN(S(=O)(=O)c2ccccc2C#N)CC1. The predicted molar refractivity (Wildman–Crippen MR) is 101 cm³/mol. The van der Waals surface area contributed by atoms with Gasteiger partial charge in [0.25, 0.3) is 0 Å². The minimum atomic E-state index is -3.71. The molecule has 1 heterocycles. The molecule has 2 aliphatic rings. The molecule has 2 fully saturated rings. The van der Waals surface area contributed by atoms with Crippen LogP contribution in [-0.4, -0.2) is 61.8 Å². The van der Waals surface area contributed by atoms with Crippen LogP contribution in [0, 0.1) is 11.3 Å². The quantitative estimate of drug-likeness (QED) is 0.818. The van der Waals surface area contributed by atoms with Crippen molar-refractivity contribution >= 4 is 15.9 Å². The molecular formula is C19H26N4O3S. The van der Waals surface area contributed by atoms with Gasteiger partial charge in [0.1, 0.15) is 6.07 Å². The lowest BCUT2D eigenvalue weighted by Gasteiger charge is -2.37. The molecule has 1 N–H and O–H groups in total. The van der Waals surface area contributed by atoms with Crippen molar-refractivity contribution in [3.63, 3.8) is 0 Å². The van der Waals surface area contributed by atoms with Gasteiger partial charge in [0, 0.05) is 32.2 Å². The Morgan fingerprint density at radius 3 is 2.44 bits per heavy atom. The normalized spacial score (nSPS) is 20.9. The number of hydrogen-bond acceptors (Lipinski definition) is 5. The molecule has 0 spiro atoms. The van der Waals surface area contributed by atoms with Gasteiger partial charge in [-0.3, -0.25) is 9.69 Å². The fourth-order valence-corrected chi connectivity index (χ4v) is 5.38. The molecule has 1 aromatic rings. The number of nitriles is 1. The third-order valence-electron chi connectivity index (χ3n) is 5.53. The summed E-state index contributed by atoms with van der Waals surface area (Å²) >= 11 is 0. The van der Waals surface area contributed by atoms with Crippen LogP contribution in [0.2, 0.25) is 0 Å². The monoisotopic (exact) mass is 390 g/mol. The third kappa shape index (κ3) is 4.32. The van der Waals surface area contributed by atoms with Crippen LogP contribution in [0.3, 0.4) is 0 Å². The molecule has 146 valence electrons. The van der Waals surface area contributed by atoms with E-state index in [0.717, 1.165) is 12.8 Å². The van der Waals surface area contributed by atoms with E-state index in [-0.39, 0.29) is 28.4 Å². The summed E-state index contributed by atoms with van der Waals surface area (Å²) in [5.41, 5.74) is 0.157. The second kappa shape index (κ2) is 8.38. The fourth-order valence-electron chi connectivity index (χ4n) is 3.81. The number of piperazine rings is 1. The molecule has 27 heavy (non-hydrogen) atoms. The lowest BCUT2D eigenvalue weighted by atomic mass is 10.2. The van der Waals surface area contributed by atoms with Gasteiger partial charge in [-0.1, -0.05) is 25.0 Å². The van der Waals surface area contributed by atoms with Crippen LogP contribution < -0.4 is 5.32 Å². The Balaban J connectivity index is 1.61. The van der Waals surface area contributed by atoms with E-state index in [2.05, 4.69) is 5.32 Å². The maximum absolute atomic E-state index is 12.9. The summed E-state index contributed by atoms with van der Waals surface area (Å²) in [6, 6.07) is 8.21. The molecule has 1 aliphatic heterocycles. The van der Waals surface area contributed by atoms with E-state index in [1.807, 2.05) is 17.9 Å². The first-order chi connectivity index (χ1) is 12.9. The Kier molecular flexibility index (Phi) is 6.15. The first kappa shape index (κ1) is 19.8. The molecule has 1 atom stereocenters. The zero-order valence-electron chi connectivity index (χ0n) is 15.6. The molecule has 7 nitrogen and oxygen atoms in total. The van der Waals surface area contributed by atoms with Crippen LogP contribution in [0.4, 0.5) is 0 Å². The molecule has 1 saturated heterocycles. The average molecular weight is 391 g/mol. The molecule has 1 aromatic carbocycles. The molecule has 1 saturated carbocycles. The van der Waals surface area contributed by atoms with Crippen molar-refractivity contribution in [2.75, 3.05) is 26.2 Å². The molecule has 1 amide bonds. The summed E-state index contributed by atoms with van der Waals surface area (Å²) in [6.07, 6.45) is 4.42. The van der Waals surface area contributed by atoms with E-state index >= 15 is 0 Å². The van der Waals surface area contributed by atoms with Crippen LogP contribution in [0.1, 0.15) is 38.2 Å². The lowest BCUT2D eigenvalue weighted by Crippen LogP contribution is -2.55. The number of benzene rings is 1. The molecule has 1 aliphatic carbocycles. The predicted octanol–water partition coefficient (Wildman–Crippen LogP) is 1.31. The number of nitrogens with zero attached hydrogens (tertiary/aromatic N) is 3. The number of carbonyl (C=O) groups excluding carboxylic acids is 1. The number of sulfonamides is 1. The van der Waals surface area contributed by atoms with Gasteiger partial charge in [-0.2, -0.15) is 9.57 Å². The van der Waals surface area contributed by atoms with Crippen molar-refractivity contribution in [2.24, 2.45) is 0 Å². The Hall–Kier alpha value is -1.95. The second-order valence-corrected chi connectivity index (χ2v) is 9.12. The zero-order valence-corrected chi connectivity index (χ0v) is 16.4. The Bertz CT molecular complexity index is 820. The minimum Gasteiger partial charge on any atom is -0.352 e. The van der Waals surface area contributed by atoms with E-state index < -0.39 is 10.0 Å². The second-order valence-electron chi connectivity index (χ2n) is 7.21. The van der Waals surface area contributed by atoms with Crippen molar-refractivity contribution in [1.29, 1.82) is 5.26 Å². The minimum absolute atomic E-state index is 0.0213. The van der Waals surface area contributed by atoms with Gasteiger partial charge in [-0.15, -0.1) is 0 Å². The third-order valence-corrected chi connectivity index (χ3v) is 7.48. The van der Waals surface area contributed by atoms with Gasteiger partial charge >= 0.3 is 0 Å². The van der Waals surface area contributed by atoms with E-state index in [4.69, 9.17) is 0 Å². The van der Waals surface area contributed by atoms with Crippen molar-refractivity contribution in [2.45, 2.75) is 49.6 Å². The molecule has 3 rings (SSSR count). The molecular weight excluding hydrogens is 364 g/mol. The van der Waals surface area contributed by atoms with Gasteiger partial charge in [0.05, 0.1) is 16.5 Å². The lowest BCUT2D eigenvalue weighted by molar-refractivity contribution is -0.127. The zero-order chi connectivity index (χ0) is 19.4. The van der Waals surface area contributed by atoms with Gasteiger partial charge in [-0.05, 0) is 31.9 Å². The fraction of sp³-hybridized carbons (Fsp3) is 0.579. The first-order valence-electron chi connectivity index (χ1n) is 9.47. The topological polar surface area (TPSA) is 93.5 Å². The molecule has 0 bridgehead atoms. The van der Waals surface area contributed by atoms with Crippen molar-refractivity contribution in [1.82, 2.24) is 14.5 Å². The molecule has 0 radical (unpaired) electrons. The van der Waals surface area contributed by atoms with Crippen molar-refractivity contribution in [3.8, 4) is 6.07 Å². The van der Waals surface area contributed by atoms with Crippen LogP contribution in [0.5, 0.6) is 0 Å². The number of rotatable bonds is 5. The molecule has 8 heteroatoms. The van der Waals surface area contributed by atoms with Gasteiger partial charge in [0.15, 0.2) is 0 Å². The summed E-state index contributed by atoms with van der Waals surface area (Å²) in [5.74, 6) is 0.0213. The number of carbonyl (C=O) groups is 1. The summed E-state index contributed by atoms with van der Waals surface area (Å²) < 4.78 is 27.2. The average Bonchev–Trinajstić information content (AvgIpc) is 3.20. The standard InChI is InChI=1S/C19H26N4O3S/c1-15(19(24)21-17-7-3-4-8-17)22-10-12-23(13-11-22)27(25,26)18-9-5-2-6-16(18)14-20/h2,5-6,9,15,17H,3-4,7-8,10-13H2,1H3,(H,21,24)/t15-/m1/s1. The summed E-state index contributed by atoms with van der Waals surface area (Å²) in [6.45, 7) is 3.48. The van der Waals surface area contributed by atoms with Crippen LogP contribution in [-0.2, 0) is 14.8 Å². The van der Waals surface area contributed by atoms with E-state index in [9.17, 15) is 18.5 Å². The highest BCUT2D eigenvalue weighted by Gasteiger charge is 2.33. The number of hydrogen-bond donors (Lipinski definition) is 1. The molecule has 0 unspecified atom stereocenters. The Labute approximate surface area is 161 Å². The highest BCUT2D eigenvalue weighted by Crippen LogP contribution is 2.22. The summed E-state index contributed by atoms with van der Waals surface area (Å²) in [7, 11) is -3.71. The summed E-state index contributed by atoms with van der Waals surface area (Å²) in [5, 5.41) is 12.3. The van der Waals surface area contributed by atoms with Crippen LogP contribution >= 0.6 is 0 Å². The Morgan fingerprint density at radius 1 is 1.19 bits per heavy atom. The van der Waals surface area contributed by atoms with Crippen LogP contribution in [0.25, 0.3) is 0 Å². The van der Waals surface area contributed by atoms with Crippen molar-refractivity contribution < 1.29 is 13.2 Å². The van der Waals surface area contributed by atoms with Gasteiger partial charge in [0.2, 0.25) is 15.9 Å². The van der Waals surface area contributed by atoms with Gasteiger partial charge in [-0.25, -0.2) is 8.42 Å². The largest absolute Gasteiger partial charge is 0.352 e. The van der Waals surface area contributed by atoms with Crippen LogP contribution in [0.15, 0.2) is 29.2 Å². The molecule has 0 aromatic heterocycles. The Morgan fingerprint density at radius 2 is 1.81 bits per heavy atom. The van der Waals surface area contributed by atoms with E-state index in [1.54, 1.807) is 12.1 Å². The van der Waals surface area contributed by atoms with E-state index in [1.165, 1.54) is 29.3 Å². The maximum atomic E-state index is 12.9. The highest BCUT2D eigenvalue weighted by atomic mass is 32.2. The van der Waals surface area contributed by atoms with E-state index in [0.29, 0.717) is 26.2 Å². The number of amides is 1. The smallest absolute Gasteiger partial charge is 0.244 e. The van der Waals surface area contributed by atoms with Gasteiger partial charge < -0.3 is 5.32 Å². The maximum Gasteiger partial charge on any atom is 0.244 e. The first-order valence-corrected chi connectivity index (χ1v) is 10.9.